The third-order valence-electron chi connectivity index (χ3n) is 10.8. The van der Waals surface area contributed by atoms with Crippen molar-refractivity contribution in [3.8, 4) is 33.4 Å². The summed E-state index contributed by atoms with van der Waals surface area (Å²) in [5.74, 6) is 0. The molecule has 0 saturated heterocycles. The zero-order chi connectivity index (χ0) is 36.6. The van der Waals surface area contributed by atoms with E-state index in [1.54, 1.807) is 0 Å². The largest absolute Gasteiger partial charge is 0.311 e. The maximum atomic E-state index is 2.44. The van der Waals surface area contributed by atoms with Gasteiger partial charge < -0.3 is 9.80 Å². The molecule has 2 nitrogen and oxygen atoms in total. The number of hydrogen-bond donors (Lipinski definition) is 0. The van der Waals surface area contributed by atoms with Crippen LogP contribution in [0.15, 0.2) is 218 Å². The lowest BCUT2D eigenvalue weighted by Crippen LogP contribution is -2.18. The minimum absolute atomic E-state index is 0.854. The maximum Gasteiger partial charge on any atom is 0.0497 e. The second-order valence-electron chi connectivity index (χ2n) is 14.2. The highest BCUT2D eigenvalue weighted by atomic mass is 15.2. The van der Waals surface area contributed by atoms with Crippen molar-refractivity contribution in [3.63, 3.8) is 0 Å². The van der Waals surface area contributed by atoms with Gasteiger partial charge in [-0.1, -0.05) is 140 Å². The Morgan fingerprint density at radius 1 is 0.309 bits per heavy atom. The average molecular weight is 703 g/mol. The molecule has 0 N–H and O–H groups in total. The Balaban J connectivity index is 1.04. The van der Waals surface area contributed by atoms with Crippen LogP contribution in [0.3, 0.4) is 0 Å². The van der Waals surface area contributed by atoms with Crippen LogP contribution in [0, 0.1) is 0 Å². The van der Waals surface area contributed by atoms with Crippen molar-refractivity contribution in [3.05, 3.63) is 230 Å². The van der Waals surface area contributed by atoms with Crippen molar-refractivity contribution in [2.75, 3.05) is 9.80 Å². The predicted octanol–water partition coefficient (Wildman–Crippen LogP) is 14.7. The molecule has 9 aromatic rings. The van der Waals surface area contributed by atoms with E-state index >= 15 is 0 Å². The van der Waals surface area contributed by atoms with E-state index in [0.717, 1.165) is 29.2 Å². The first-order valence-corrected chi connectivity index (χ1v) is 19.0. The maximum absolute atomic E-state index is 2.44. The highest BCUT2D eigenvalue weighted by Gasteiger charge is 2.25. The van der Waals surface area contributed by atoms with Crippen LogP contribution in [-0.4, -0.2) is 0 Å². The van der Waals surface area contributed by atoms with Gasteiger partial charge >= 0.3 is 0 Å². The SMILES string of the molecule is c1ccc(-c2ccc(N3c4ccc(-c5ccc(N(c6ccccc6)c6ccccc6)cc5)cc4Cc4cc(-c5ccc6ccccc6c5)ccc43)cc2)cc1. The monoisotopic (exact) mass is 702 g/mol. The second kappa shape index (κ2) is 14.0. The molecular formula is C53H38N2. The lowest BCUT2D eigenvalue weighted by Gasteiger charge is -2.34. The fraction of sp³-hybridized carbons (Fsp3) is 0.0189. The molecule has 0 spiro atoms. The van der Waals surface area contributed by atoms with E-state index in [9.17, 15) is 0 Å². The molecule has 0 aliphatic carbocycles. The summed E-state index contributed by atoms with van der Waals surface area (Å²) in [6, 6.07) is 79.1. The molecular weight excluding hydrogens is 665 g/mol. The molecule has 0 amide bonds. The Kier molecular flexibility index (Phi) is 8.27. The summed E-state index contributed by atoms with van der Waals surface area (Å²) in [6.07, 6.45) is 0.854. The molecule has 0 bridgehead atoms. The van der Waals surface area contributed by atoms with Crippen molar-refractivity contribution in [1.29, 1.82) is 0 Å². The topological polar surface area (TPSA) is 6.48 Å². The molecule has 0 aromatic heterocycles. The summed E-state index contributed by atoms with van der Waals surface area (Å²) in [7, 11) is 0. The second-order valence-corrected chi connectivity index (χ2v) is 14.2. The predicted molar refractivity (Wildman–Crippen MR) is 232 cm³/mol. The molecule has 0 radical (unpaired) electrons. The number of hydrogen-bond acceptors (Lipinski definition) is 2. The Labute approximate surface area is 322 Å². The molecule has 2 heteroatoms. The Bertz CT molecular complexity index is 2720. The molecule has 1 heterocycles. The summed E-state index contributed by atoms with van der Waals surface area (Å²) in [5.41, 5.74) is 16.9. The van der Waals surface area contributed by atoms with Crippen molar-refractivity contribution in [2.24, 2.45) is 0 Å². The molecule has 0 fully saturated rings. The first-order chi connectivity index (χ1) is 27.2. The van der Waals surface area contributed by atoms with E-state index in [4.69, 9.17) is 0 Å². The first kappa shape index (κ1) is 32.5. The minimum Gasteiger partial charge on any atom is -0.311 e. The van der Waals surface area contributed by atoms with Gasteiger partial charge in [-0.3, -0.25) is 0 Å². The fourth-order valence-corrected chi connectivity index (χ4v) is 8.07. The quantitative estimate of drug-likeness (QED) is 0.163. The van der Waals surface area contributed by atoms with Crippen LogP contribution in [0.1, 0.15) is 11.1 Å². The van der Waals surface area contributed by atoms with Crippen molar-refractivity contribution in [2.45, 2.75) is 6.42 Å². The van der Waals surface area contributed by atoms with Crippen molar-refractivity contribution < 1.29 is 0 Å². The average Bonchev–Trinajstić information content (AvgIpc) is 3.26. The van der Waals surface area contributed by atoms with Gasteiger partial charge in [0.1, 0.15) is 0 Å². The van der Waals surface area contributed by atoms with E-state index in [1.165, 1.54) is 66.7 Å². The zero-order valence-electron chi connectivity index (χ0n) is 30.4. The number of rotatable bonds is 7. The van der Waals surface area contributed by atoms with Gasteiger partial charge in [0, 0.05) is 40.5 Å². The van der Waals surface area contributed by atoms with Crippen molar-refractivity contribution in [1.82, 2.24) is 0 Å². The number of para-hydroxylation sites is 2. The lowest BCUT2D eigenvalue weighted by molar-refractivity contribution is 1.09. The van der Waals surface area contributed by atoms with Crippen LogP contribution in [0.2, 0.25) is 0 Å². The van der Waals surface area contributed by atoms with Gasteiger partial charge in [-0.2, -0.15) is 0 Å². The Morgan fingerprint density at radius 2 is 0.727 bits per heavy atom. The van der Waals surface area contributed by atoms with E-state index in [-0.39, 0.29) is 0 Å². The Morgan fingerprint density at radius 3 is 1.35 bits per heavy atom. The van der Waals surface area contributed by atoms with Gasteiger partial charge in [0.05, 0.1) is 0 Å². The third kappa shape index (κ3) is 6.24. The van der Waals surface area contributed by atoms with Crippen LogP contribution in [0.5, 0.6) is 0 Å². The molecule has 260 valence electrons. The minimum atomic E-state index is 0.854. The van der Waals surface area contributed by atoms with E-state index in [1.807, 2.05) is 0 Å². The van der Waals surface area contributed by atoms with Gasteiger partial charge in [0.15, 0.2) is 0 Å². The zero-order valence-corrected chi connectivity index (χ0v) is 30.4. The highest BCUT2D eigenvalue weighted by Crippen LogP contribution is 2.47. The number of fused-ring (bicyclic) bond motifs is 3. The number of nitrogens with zero attached hydrogens (tertiary/aromatic N) is 2. The molecule has 9 aromatic carbocycles. The van der Waals surface area contributed by atoms with Gasteiger partial charge in [-0.05, 0) is 134 Å². The summed E-state index contributed by atoms with van der Waals surface area (Å²) >= 11 is 0. The summed E-state index contributed by atoms with van der Waals surface area (Å²) in [4.78, 5) is 4.75. The summed E-state index contributed by atoms with van der Waals surface area (Å²) < 4.78 is 0. The van der Waals surface area contributed by atoms with Crippen LogP contribution < -0.4 is 9.80 Å². The van der Waals surface area contributed by atoms with E-state index in [0.29, 0.717) is 0 Å². The number of benzene rings is 9. The fourth-order valence-electron chi connectivity index (χ4n) is 8.07. The molecule has 1 aliphatic rings. The third-order valence-corrected chi connectivity index (χ3v) is 10.8. The molecule has 0 atom stereocenters. The summed E-state index contributed by atoms with van der Waals surface area (Å²) in [5, 5.41) is 2.52. The lowest BCUT2D eigenvalue weighted by atomic mass is 9.89. The van der Waals surface area contributed by atoms with E-state index < -0.39 is 0 Å². The smallest absolute Gasteiger partial charge is 0.0497 e. The van der Waals surface area contributed by atoms with Gasteiger partial charge in [-0.25, -0.2) is 0 Å². The normalized spacial score (nSPS) is 11.9. The molecule has 0 unspecified atom stereocenters. The van der Waals surface area contributed by atoms with Crippen LogP contribution in [-0.2, 0) is 6.42 Å². The number of anilines is 6. The Hall–Kier alpha value is -7.16. The molecule has 1 aliphatic heterocycles. The highest BCUT2D eigenvalue weighted by molar-refractivity contribution is 5.90. The van der Waals surface area contributed by atoms with Crippen molar-refractivity contribution >= 4 is 44.9 Å². The van der Waals surface area contributed by atoms with Gasteiger partial charge in [0.2, 0.25) is 0 Å². The summed E-state index contributed by atoms with van der Waals surface area (Å²) in [6.45, 7) is 0. The molecule has 55 heavy (non-hydrogen) atoms. The molecule has 10 rings (SSSR count). The van der Waals surface area contributed by atoms with E-state index in [2.05, 4.69) is 228 Å². The van der Waals surface area contributed by atoms with Crippen LogP contribution in [0.25, 0.3) is 44.2 Å². The molecule has 0 saturated carbocycles. The van der Waals surface area contributed by atoms with Gasteiger partial charge in [-0.15, -0.1) is 0 Å². The standard InChI is InChI=1S/C53H38N2/c1-4-12-38(13-5-1)40-22-30-51(31-23-40)55-52-32-26-43(41-24-28-50(29-25-41)54(48-16-6-2-7-17-48)49-18-8-3-9-19-49)35-46(52)37-47-36-45(27-33-53(47)55)44-21-20-39-14-10-11-15-42(39)34-44/h1-36H,37H2. The van der Waals surface area contributed by atoms with Crippen LogP contribution in [0.4, 0.5) is 34.1 Å². The van der Waals surface area contributed by atoms with Crippen LogP contribution >= 0.6 is 0 Å². The first-order valence-electron chi connectivity index (χ1n) is 19.0. The van der Waals surface area contributed by atoms with Gasteiger partial charge in [0.25, 0.3) is 0 Å².